The van der Waals surface area contributed by atoms with Gasteiger partial charge in [-0.3, -0.25) is 10.1 Å². The molecule has 7 nitrogen and oxygen atoms in total. The van der Waals surface area contributed by atoms with Gasteiger partial charge in [-0.25, -0.2) is 4.79 Å². The molecule has 7 heteroatoms. The van der Waals surface area contributed by atoms with Gasteiger partial charge in [0.2, 0.25) is 5.60 Å². The molecule has 0 spiro atoms. The number of benzene rings is 3. The normalized spacial score (nSPS) is 13.8. The summed E-state index contributed by atoms with van der Waals surface area (Å²) in [4.78, 5) is 23.5. The van der Waals surface area contributed by atoms with Gasteiger partial charge in [-0.05, 0) is 28.8 Å². The second kappa shape index (κ2) is 9.30. The lowest BCUT2D eigenvalue weighted by Crippen LogP contribution is -2.45. The number of nitrogens with zero attached hydrogens (tertiary/aromatic N) is 1. The van der Waals surface area contributed by atoms with Crippen molar-refractivity contribution >= 4 is 11.7 Å². The van der Waals surface area contributed by atoms with Gasteiger partial charge in [-0.15, -0.1) is 0 Å². The predicted octanol–water partition coefficient (Wildman–Crippen LogP) is 3.91. The van der Waals surface area contributed by atoms with Crippen LogP contribution < -0.4 is 0 Å². The zero-order valence-electron chi connectivity index (χ0n) is 16.3. The highest BCUT2D eigenvalue weighted by atomic mass is 16.6. The van der Waals surface area contributed by atoms with E-state index in [4.69, 9.17) is 9.47 Å². The van der Waals surface area contributed by atoms with Gasteiger partial charge in [0.1, 0.15) is 6.10 Å². The van der Waals surface area contributed by atoms with Gasteiger partial charge in [0.25, 0.3) is 5.69 Å². The number of carbonyl (C=O) groups excluding carboxylic acids is 1. The fourth-order valence-corrected chi connectivity index (χ4v) is 3.23. The summed E-state index contributed by atoms with van der Waals surface area (Å²) in [5.74, 6) is -0.782. The van der Waals surface area contributed by atoms with Crippen molar-refractivity contribution in [2.24, 2.45) is 0 Å². The Morgan fingerprint density at radius 1 is 1.00 bits per heavy atom. The highest BCUT2D eigenvalue weighted by Gasteiger charge is 2.50. The first-order chi connectivity index (χ1) is 14.5. The fraction of sp³-hybridized carbons (Fsp3) is 0.174. The van der Waals surface area contributed by atoms with E-state index < -0.39 is 22.6 Å². The molecule has 3 rings (SSSR count). The molecule has 0 amide bonds. The summed E-state index contributed by atoms with van der Waals surface area (Å²) in [6, 6.07) is 23.1. The molecule has 0 aliphatic heterocycles. The number of ether oxygens (including phenoxy) is 2. The van der Waals surface area contributed by atoms with E-state index in [9.17, 15) is 20.0 Å². The molecule has 154 valence electrons. The molecule has 0 saturated heterocycles. The van der Waals surface area contributed by atoms with Crippen LogP contribution in [0.5, 0.6) is 0 Å². The summed E-state index contributed by atoms with van der Waals surface area (Å²) in [6.07, 6.45) is -1.48. The van der Waals surface area contributed by atoms with E-state index in [1.54, 1.807) is 30.3 Å². The van der Waals surface area contributed by atoms with Crippen molar-refractivity contribution in [2.75, 3.05) is 7.11 Å². The maximum Gasteiger partial charge on any atom is 0.346 e. The number of aliphatic hydroxyl groups is 1. The van der Waals surface area contributed by atoms with Crippen LogP contribution in [0.3, 0.4) is 0 Å². The molecule has 2 atom stereocenters. The number of non-ortho nitro benzene ring substituents is 1. The first-order valence-electron chi connectivity index (χ1n) is 9.23. The third-order valence-corrected chi connectivity index (χ3v) is 4.81. The number of nitro benzene ring substituents is 1. The van der Waals surface area contributed by atoms with Gasteiger partial charge in [0, 0.05) is 12.1 Å². The zero-order chi connectivity index (χ0) is 21.6. The monoisotopic (exact) mass is 407 g/mol. The molecule has 30 heavy (non-hydrogen) atoms. The Balaban J connectivity index is 2.08. The molecule has 0 aliphatic carbocycles. The number of carbonyl (C=O) groups is 1. The fourth-order valence-electron chi connectivity index (χ4n) is 3.23. The third kappa shape index (κ3) is 4.22. The Labute approximate surface area is 173 Å². The van der Waals surface area contributed by atoms with Crippen LogP contribution >= 0.6 is 0 Å². The molecule has 3 aromatic carbocycles. The molecule has 1 N–H and O–H groups in total. The minimum absolute atomic E-state index is 0.0366. The van der Waals surface area contributed by atoms with Crippen molar-refractivity contribution in [2.45, 2.75) is 18.3 Å². The van der Waals surface area contributed by atoms with Crippen LogP contribution in [0.1, 0.15) is 22.8 Å². The third-order valence-electron chi connectivity index (χ3n) is 4.81. The second-order valence-corrected chi connectivity index (χ2v) is 6.62. The largest absolute Gasteiger partial charge is 0.467 e. The highest BCUT2D eigenvalue weighted by molar-refractivity contribution is 5.82. The first kappa shape index (κ1) is 21.2. The molecule has 0 aromatic heterocycles. The van der Waals surface area contributed by atoms with E-state index >= 15 is 0 Å². The minimum atomic E-state index is -1.87. The number of methoxy groups -OCH3 is 1. The van der Waals surface area contributed by atoms with Crippen LogP contribution in [0.25, 0.3) is 0 Å². The summed E-state index contributed by atoms with van der Waals surface area (Å²) < 4.78 is 11.1. The van der Waals surface area contributed by atoms with Crippen molar-refractivity contribution < 1.29 is 24.3 Å². The highest BCUT2D eigenvalue weighted by Crippen LogP contribution is 2.41. The number of nitro groups is 1. The molecular weight excluding hydrogens is 386 g/mol. The second-order valence-electron chi connectivity index (χ2n) is 6.62. The van der Waals surface area contributed by atoms with Crippen LogP contribution in [0, 0.1) is 10.1 Å². The summed E-state index contributed by atoms with van der Waals surface area (Å²) >= 11 is 0. The average Bonchev–Trinajstić information content (AvgIpc) is 2.80. The van der Waals surface area contributed by atoms with Crippen LogP contribution in [0.15, 0.2) is 84.9 Å². The van der Waals surface area contributed by atoms with Gasteiger partial charge in [0.05, 0.1) is 18.6 Å². The van der Waals surface area contributed by atoms with Crippen molar-refractivity contribution in [1.82, 2.24) is 0 Å². The van der Waals surface area contributed by atoms with Crippen molar-refractivity contribution in [1.29, 1.82) is 0 Å². The van der Waals surface area contributed by atoms with Crippen molar-refractivity contribution in [3.8, 4) is 0 Å². The van der Waals surface area contributed by atoms with Gasteiger partial charge in [0.15, 0.2) is 0 Å². The number of rotatable bonds is 8. The minimum Gasteiger partial charge on any atom is -0.467 e. The van der Waals surface area contributed by atoms with Gasteiger partial charge in [-0.2, -0.15) is 0 Å². The quantitative estimate of drug-likeness (QED) is 0.345. The number of hydrogen-bond acceptors (Lipinski definition) is 6. The maximum atomic E-state index is 13.0. The van der Waals surface area contributed by atoms with Crippen LogP contribution in [0.2, 0.25) is 0 Å². The van der Waals surface area contributed by atoms with E-state index in [2.05, 4.69) is 0 Å². The van der Waals surface area contributed by atoms with Crippen LogP contribution in [-0.2, 0) is 26.5 Å². The molecule has 0 radical (unpaired) electrons. The Morgan fingerprint density at radius 3 is 2.10 bits per heavy atom. The standard InChI is InChI=1S/C23H21NO6/c1-29-22(26)23(19-10-6-3-7-11-19,30-16-17-8-4-2-5-9-17)21(25)18-12-14-20(15-13-18)24(27)28/h2-15,21,25H,16H2,1H3/t21-,23-/m0/s1. The molecular formula is C23H21NO6. The van der Waals surface area contributed by atoms with Gasteiger partial charge in [-0.1, -0.05) is 60.7 Å². The Bertz CT molecular complexity index is 991. The number of aliphatic hydroxyl groups excluding tert-OH is 1. The topological polar surface area (TPSA) is 98.9 Å². The molecule has 0 aliphatic rings. The molecule has 0 fully saturated rings. The number of esters is 1. The molecule has 0 unspecified atom stereocenters. The van der Waals surface area contributed by atoms with E-state index in [1.165, 1.54) is 31.4 Å². The van der Waals surface area contributed by atoms with E-state index in [1.807, 2.05) is 30.3 Å². The zero-order valence-corrected chi connectivity index (χ0v) is 16.3. The Hall–Kier alpha value is -3.55. The SMILES string of the molecule is COC(=O)[C@](OCc1ccccc1)(c1ccccc1)[C@@H](O)c1ccc([N+](=O)[O-])cc1. The molecule has 0 saturated carbocycles. The average molecular weight is 407 g/mol. The van der Waals surface area contributed by atoms with Gasteiger partial charge < -0.3 is 14.6 Å². The molecule has 0 heterocycles. The Kier molecular flexibility index (Phi) is 6.56. The van der Waals surface area contributed by atoms with E-state index in [-0.39, 0.29) is 17.9 Å². The molecule has 3 aromatic rings. The van der Waals surface area contributed by atoms with E-state index in [0.717, 1.165) is 5.56 Å². The van der Waals surface area contributed by atoms with Crippen LogP contribution in [-0.4, -0.2) is 23.1 Å². The molecule has 0 bridgehead atoms. The lowest BCUT2D eigenvalue weighted by Gasteiger charge is -2.36. The smallest absolute Gasteiger partial charge is 0.346 e. The summed E-state index contributed by atoms with van der Waals surface area (Å²) in [7, 11) is 1.22. The van der Waals surface area contributed by atoms with Crippen molar-refractivity contribution in [3.63, 3.8) is 0 Å². The first-order valence-corrected chi connectivity index (χ1v) is 9.23. The summed E-state index contributed by atoms with van der Waals surface area (Å²) in [5, 5.41) is 22.3. The summed E-state index contributed by atoms with van der Waals surface area (Å²) in [6.45, 7) is 0.0366. The predicted molar refractivity (Wildman–Crippen MR) is 109 cm³/mol. The summed E-state index contributed by atoms with van der Waals surface area (Å²) in [5.41, 5.74) is -0.513. The lowest BCUT2D eigenvalue weighted by molar-refractivity contribution is -0.384. The maximum absolute atomic E-state index is 13.0. The van der Waals surface area contributed by atoms with Crippen molar-refractivity contribution in [3.05, 3.63) is 112 Å². The number of hydrogen-bond donors (Lipinski definition) is 1. The lowest BCUT2D eigenvalue weighted by atomic mass is 9.84. The van der Waals surface area contributed by atoms with E-state index in [0.29, 0.717) is 5.56 Å². The van der Waals surface area contributed by atoms with Gasteiger partial charge >= 0.3 is 5.97 Å². The van der Waals surface area contributed by atoms with Crippen LogP contribution in [0.4, 0.5) is 5.69 Å². The Morgan fingerprint density at radius 2 is 1.57 bits per heavy atom.